The highest BCUT2D eigenvalue weighted by atomic mass is 14.6. The second-order valence-corrected chi connectivity index (χ2v) is 3.62. The van der Waals surface area contributed by atoms with E-state index in [1.54, 1.807) is 24.3 Å². The van der Waals surface area contributed by atoms with Crippen LogP contribution in [0.25, 0.3) is 0 Å². The number of hydrogen-bond donors (Lipinski definition) is 4. The first-order valence-corrected chi connectivity index (χ1v) is 5.27. The van der Waals surface area contributed by atoms with Crippen molar-refractivity contribution in [2.75, 3.05) is 17.2 Å². The highest BCUT2D eigenvalue weighted by Gasteiger charge is 1.86. The second-order valence-electron chi connectivity index (χ2n) is 3.62. The molecule has 0 radical (unpaired) electrons. The van der Waals surface area contributed by atoms with Crippen molar-refractivity contribution in [2.24, 2.45) is 5.73 Å². The minimum absolute atomic E-state index is 0.561. The van der Waals surface area contributed by atoms with Crippen molar-refractivity contribution in [2.45, 2.75) is 6.54 Å². The van der Waals surface area contributed by atoms with Gasteiger partial charge in [0.2, 0.25) is 0 Å². The number of hydrogen-bond acceptors (Lipinski definition) is 4. The van der Waals surface area contributed by atoms with Crippen molar-refractivity contribution in [1.29, 1.82) is 0 Å². The summed E-state index contributed by atoms with van der Waals surface area (Å²) in [7, 11) is 0. The van der Waals surface area contributed by atoms with Gasteiger partial charge in [0.1, 0.15) is 0 Å². The average Bonchev–Trinajstić information content (AvgIpc) is 2.34. The largest absolute Gasteiger partial charge is 0.399 e. The highest BCUT2D eigenvalue weighted by Crippen LogP contribution is 2.05. The first-order valence-electron chi connectivity index (χ1n) is 5.27. The van der Waals surface area contributed by atoms with Gasteiger partial charge in [-0.2, -0.15) is 0 Å². The van der Waals surface area contributed by atoms with Gasteiger partial charge >= 0.3 is 0 Å². The third kappa shape index (κ3) is 4.90. The normalized spacial score (nSPS) is 9.24. The Morgan fingerprint density at radius 1 is 0.706 bits per heavy atom. The summed E-state index contributed by atoms with van der Waals surface area (Å²) in [5.74, 6) is 0. The second kappa shape index (κ2) is 6.40. The maximum Gasteiger partial charge on any atom is 0.0317 e. The van der Waals surface area contributed by atoms with E-state index in [0.29, 0.717) is 6.54 Å². The molecule has 0 saturated carbocycles. The van der Waals surface area contributed by atoms with Crippen LogP contribution in [0.5, 0.6) is 0 Å². The van der Waals surface area contributed by atoms with Gasteiger partial charge in [-0.25, -0.2) is 0 Å². The Balaban J connectivity index is 0.000000171. The fraction of sp³-hybridized carbons (Fsp3) is 0.0769. The lowest BCUT2D eigenvalue weighted by atomic mass is 10.2. The zero-order valence-electron chi connectivity index (χ0n) is 9.64. The maximum atomic E-state index is 5.48. The molecule has 2 aromatic rings. The summed E-state index contributed by atoms with van der Waals surface area (Å²) in [5.41, 5.74) is 24.9. The lowest BCUT2D eigenvalue weighted by Gasteiger charge is -1.95. The molecule has 0 aliphatic rings. The van der Waals surface area contributed by atoms with E-state index in [1.165, 1.54) is 0 Å². The van der Waals surface area contributed by atoms with Crippen LogP contribution in [-0.4, -0.2) is 0 Å². The SMILES string of the molecule is NCc1cccc(N)c1.Nc1ccc(N)cc1. The summed E-state index contributed by atoms with van der Waals surface area (Å²) in [6, 6.07) is 14.7. The zero-order valence-corrected chi connectivity index (χ0v) is 9.64. The summed E-state index contributed by atoms with van der Waals surface area (Å²) in [4.78, 5) is 0. The van der Waals surface area contributed by atoms with Crippen LogP contribution in [0.2, 0.25) is 0 Å². The summed E-state index contributed by atoms with van der Waals surface area (Å²) >= 11 is 0. The van der Waals surface area contributed by atoms with E-state index in [9.17, 15) is 0 Å². The number of anilines is 3. The van der Waals surface area contributed by atoms with E-state index in [1.807, 2.05) is 24.3 Å². The van der Waals surface area contributed by atoms with Crippen molar-refractivity contribution >= 4 is 17.1 Å². The minimum Gasteiger partial charge on any atom is -0.399 e. The Kier molecular flexibility index (Phi) is 4.84. The molecule has 0 aliphatic carbocycles. The maximum absolute atomic E-state index is 5.48. The Morgan fingerprint density at radius 2 is 1.24 bits per heavy atom. The third-order valence-electron chi connectivity index (χ3n) is 2.12. The third-order valence-corrected chi connectivity index (χ3v) is 2.12. The first kappa shape index (κ1) is 12.9. The van der Waals surface area contributed by atoms with Gasteiger partial charge in [-0.1, -0.05) is 12.1 Å². The zero-order chi connectivity index (χ0) is 12.7. The molecule has 0 unspecified atom stereocenters. The molecule has 0 fully saturated rings. The van der Waals surface area contributed by atoms with Crippen LogP contribution < -0.4 is 22.9 Å². The highest BCUT2D eigenvalue weighted by molar-refractivity contribution is 5.47. The molecule has 0 atom stereocenters. The van der Waals surface area contributed by atoms with Crippen LogP contribution in [0.15, 0.2) is 48.5 Å². The molecule has 0 saturated heterocycles. The van der Waals surface area contributed by atoms with Gasteiger partial charge in [-0.3, -0.25) is 0 Å². The number of benzene rings is 2. The van der Waals surface area contributed by atoms with Crippen LogP contribution in [0.4, 0.5) is 17.1 Å². The van der Waals surface area contributed by atoms with Gasteiger partial charge in [0.05, 0.1) is 0 Å². The summed E-state index contributed by atoms with van der Waals surface area (Å²) < 4.78 is 0. The summed E-state index contributed by atoms with van der Waals surface area (Å²) in [5, 5.41) is 0. The topological polar surface area (TPSA) is 104 Å². The molecule has 2 aromatic carbocycles. The van der Waals surface area contributed by atoms with E-state index in [4.69, 9.17) is 22.9 Å². The average molecular weight is 230 g/mol. The van der Waals surface area contributed by atoms with Gasteiger partial charge in [0.15, 0.2) is 0 Å². The Bertz CT molecular complexity index is 430. The smallest absolute Gasteiger partial charge is 0.0317 e. The van der Waals surface area contributed by atoms with Crippen molar-refractivity contribution in [3.63, 3.8) is 0 Å². The van der Waals surface area contributed by atoms with E-state index in [2.05, 4.69) is 0 Å². The van der Waals surface area contributed by atoms with E-state index < -0.39 is 0 Å². The molecule has 2 rings (SSSR count). The molecule has 0 bridgehead atoms. The van der Waals surface area contributed by atoms with Gasteiger partial charge in [-0.05, 0) is 42.0 Å². The van der Waals surface area contributed by atoms with Crippen molar-refractivity contribution in [3.8, 4) is 0 Å². The Hall–Kier alpha value is -2.20. The summed E-state index contributed by atoms with van der Waals surface area (Å²) in [6.07, 6.45) is 0. The lowest BCUT2D eigenvalue weighted by molar-refractivity contribution is 1.07. The molecule has 4 nitrogen and oxygen atoms in total. The fourth-order valence-electron chi connectivity index (χ4n) is 1.22. The van der Waals surface area contributed by atoms with Crippen LogP contribution in [-0.2, 0) is 6.54 Å². The molecule has 0 amide bonds. The number of nitrogens with two attached hydrogens (primary N) is 4. The van der Waals surface area contributed by atoms with Gasteiger partial charge in [0.25, 0.3) is 0 Å². The molecule has 4 heteroatoms. The standard InChI is InChI=1S/C7H10N2.C6H8N2/c8-5-6-2-1-3-7(9)4-6;7-5-1-2-6(8)4-3-5/h1-4H,5,8-9H2;1-4H,7-8H2. The molecular formula is C13H18N4. The molecule has 0 aliphatic heterocycles. The van der Waals surface area contributed by atoms with Gasteiger partial charge < -0.3 is 22.9 Å². The van der Waals surface area contributed by atoms with E-state index >= 15 is 0 Å². The van der Waals surface area contributed by atoms with Crippen molar-refractivity contribution < 1.29 is 0 Å². The summed E-state index contributed by atoms with van der Waals surface area (Å²) in [6.45, 7) is 0.561. The van der Waals surface area contributed by atoms with E-state index in [-0.39, 0.29) is 0 Å². The molecule has 8 N–H and O–H groups in total. The lowest BCUT2D eigenvalue weighted by Crippen LogP contribution is -1.96. The molecule has 0 aromatic heterocycles. The molecular weight excluding hydrogens is 212 g/mol. The molecule has 17 heavy (non-hydrogen) atoms. The number of rotatable bonds is 1. The van der Waals surface area contributed by atoms with Gasteiger partial charge in [-0.15, -0.1) is 0 Å². The predicted molar refractivity (Wildman–Crippen MR) is 74.0 cm³/mol. The van der Waals surface area contributed by atoms with Crippen LogP contribution in [0.3, 0.4) is 0 Å². The fourth-order valence-corrected chi connectivity index (χ4v) is 1.22. The minimum atomic E-state index is 0.561. The quantitative estimate of drug-likeness (QED) is 0.558. The van der Waals surface area contributed by atoms with Crippen molar-refractivity contribution in [3.05, 3.63) is 54.1 Å². The predicted octanol–water partition coefficient (Wildman–Crippen LogP) is 1.58. The molecule has 90 valence electrons. The monoisotopic (exact) mass is 230 g/mol. The Labute approximate surface area is 101 Å². The molecule has 0 heterocycles. The van der Waals surface area contributed by atoms with E-state index in [0.717, 1.165) is 22.6 Å². The van der Waals surface area contributed by atoms with Crippen molar-refractivity contribution in [1.82, 2.24) is 0 Å². The number of nitrogen functional groups attached to an aromatic ring is 3. The van der Waals surface area contributed by atoms with Crippen LogP contribution in [0.1, 0.15) is 5.56 Å². The van der Waals surface area contributed by atoms with Gasteiger partial charge in [0, 0.05) is 23.6 Å². The Morgan fingerprint density at radius 3 is 1.59 bits per heavy atom. The molecule has 0 spiro atoms. The van der Waals surface area contributed by atoms with Crippen LogP contribution in [0, 0.1) is 0 Å². The van der Waals surface area contributed by atoms with Crippen LogP contribution >= 0.6 is 0 Å². The first-order chi connectivity index (χ1) is 8.11.